The average Bonchev–Trinajstić information content (AvgIpc) is 2.79. The first-order valence-electron chi connectivity index (χ1n) is 7.56. The highest BCUT2D eigenvalue weighted by molar-refractivity contribution is 5.17. The van der Waals surface area contributed by atoms with Crippen molar-refractivity contribution >= 4 is 0 Å². The van der Waals surface area contributed by atoms with Gasteiger partial charge in [0.25, 0.3) is 0 Å². The van der Waals surface area contributed by atoms with Gasteiger partial charge in [0.15, 0.2) is 0 Å². The largest absolute Gasteiger partial charge is 0.369 e. The second-order valence-corrected chi connectivity index (χ2v) is 5.46. The van der Waals surface area contributed by atoms with Crippen LogP contribution in [0.1, 0.15) is 38.2 Å². The number of aryl methyl sites for hydroxylation is 1. The molecule has 2 heteroatoms. The summed E-state index contributed by atoms with van der Waals surface area (Å²) in [5.41, 5.74) is 2.47. The minimum atomic E-state index is -0.163. The summed E-state index contributed by atoms with van der Waals surface area (Å²) in [6.45, 7) is 7.46. The molecule has 1 aliphatic rings. The molecule has 20 heavy (non-hydrogen) atoms. The number of benzene rings is 1. The molecule has 1 saturated heterocycles. The van der Waals surface area contributed by atoms with Gasteiger partial charge in [0.05, 0.1) is 0 Å². The van der Waals surface area contributed by atoms with Crippen LogP contribution in [0, 0.1) is 5.82 Å². The van der Waals surface area contributed by atoms with E-state index in [1.807, 2.05) is 12.1 Å². The third kappa shape index (κ3) is 3.96. The van der Waals surface area contributed by atoms with Gasteiger partial charge in [-0.1, -0.05) is 37.8 Å². The summed E-state index contributed by atoms with van der Waals surface area (Å²) < 4.78 is 12.8. The first-order valence-corrected chi connectivity index (χ1v) is 7.56. The molecular formula is C18H24FN. The maximum absolute atomic E-state index is 12.8. The van der Waals surface area contributed by atoms with Crippen molar-refractivity contribution in [1.82, 2.24) is 4.90 Å². The lowest BCUT2D eigenvalue weighted by molar-refractivity contribution is 0.336. The van der Waals surface area contributed by atoms with E-state index in [0.717, 1.165) is 25.8 Å². The predicted molar refractivity (Wildman–Crippen MR) is 83.0 cm³/mol. The fraction of sp³-hybridized carbons (Fsp3) is 0.444. The van der Waals surface area contributed by atoms with Crippen LogP contribution >= 0.6 is 0 Å². The van der Waals surface area contributed by atoms with Crippen molar-refractivity contribution in [2.24, 2.45) is 0 Å². The van der Waals surface area contributed by atoms with Gasteiger partial charge in [0.1, 0.15) is 5.82 Å². The van der Waals surface area contributed by atoms with Crippen LogP contribution < -0.4 is 0 Å². The predicted octanol–water partition coefficient (Wildman–Crippen LogP) is 4.70. The Labute approximate surface area is 121 Å². The number of nitrogens with zero attached hydrogens (tertiary/aromatic N) is 1. The molecule has 0 amide bonds. The van der Waals surface area contributed by atoms with Crippen LogP contribution in [-0.2, 0) is 6.42 Å². The SMILES string of the molecule is C=C1CCC(/C=C/CCc2ccc(F)cc2)N1CCC. The number of allylic oxidation sites excluding steroid dienone is 2. The summed E-state index contributed by atoms with van der Waals surface area (Å²) in [6.07, 6.45) is 10.0. The fourth-order valence-electron chi connectivity index (χ4n) is 2.77. The van der Waals surface area contributed by atoms with Gasteiger partial charge in [-0.3, -0.25) is 0 Å². The second-order valence-electron chi connectivity index (χ2n) is 5.46. The molecule has 1 fully saturated rings. The summed E-state index contributed by atoms with van der Waals surface area (Å²) in [4.78, 5) is 2.42. The Bertz CT molecular complexity index is 461. The van der Waals surface area contributed by atoms with E-state index in [1.165, 1.54) is 36.2 Å². The zero-order valence-corrected chi connectivity index (χ0v) is 12.3. The van der Waals surface area contributed by atoms with Crippen molar-refractivity contribution in [2.45, 2.75) is 45.1 Å². The molecule has 0 bridgehead atoms. The summed E-state index contributed by atoms with van der Waals surface area (Å²) in [6, 6.07) is 7.32. The Morgan fingerprint density at radius 3 is 2.80 bits per heavy atom. The summed E-state index contributed by atoms with van der Waals surface area (Å²) in [5.74, 6) is -0.163. The monoisotopic (exact) mass is 273 g/mol. The molecule has 0 radical (unpaired) electrons. The zero-order valence-electron chi connectivity index (χ0n) is 12.3. The minimum Gasteiger partial charge on any atom is -0.369 e. The van der Waals surface area contributed by atoms with Gasteiger partial charge in [-0.25, -0.2) is 4.39 Å². The lowest BCUT2D eigenvalue weighted by Crippen LogP contribution is -2.26. The van der Waals surface area contributed by atoms with Crippen molar-refractivity contribution < 1.29 is 4.39 Å². The quantitative estimate of drug-likeness (QED) is 0.679. The van der Waals surface area contributed by atoms with Crippen LogP contribution in [0.2, 0.25) is 0 Å². The van der Waals surface area contributed by atoms with Crippen LogP contribution in [0.3, 0.4) is 0 Å². The molecule has 0 N–H and O–H groups in total. The Balaban J connectivity index is 1.81. The van der Waals surface area contributed by atoms with Crippen molar-refractivity contribution in [3.05, 3.63) is 60.1 Å². The van der Waals surface area contributed by atoms with Crippen molar-refractivity contribution in [3.8, 4) is 0 Å². The molecule has 1 atom stereocenters. The highest BCUT2D eigenvalue weighted by atomic mass is 19.1. The molecule has 2 rings (SSSR count). The standard InChI is InChI=1S/C18H24FN/c1-3-14-20-15(2)8-13-18(20)7-5-4-6-16-9-11-17(19)12-10-16/h5,7,9-12,18H,2-4,6,8,13-14H2,1H3/b7-5+. The molecule has 1 aromatic rings. The minimum absolute atomic E-state index is 0.163. The van der Waals surface area contributed by atoms with Crippen molar-refractivity contribution in [1.29, 1.82) is 0 Å². The van der Waals surface area contributed by atoms with Crippen LogP contribution in [0.4, 0.5) is 4.39 Å². The second kappa shape index (κ2) is 7.28. The summed E-state index contributed by atoms with van der Waals surface area (Å²) >= 11 is 0. The van der Waals surface area contributed by atoms with E-state index in [4.69, 9.17) is 0 Å². The Morgan fingerprint density at radius 1 is 1.35 bits per heavy atom. The van der Waals surface area contributed by atoms with Gasteiger partial charge < -0.3 is 4.90 Å². The molecular weight excluding hydrogens is 249 g/mol. The molecule has 0 spiro atoms. The van der Waals surface area contributed by atoms with E-state index in [-0.39, 0.29) is 5.82 Å². The number of halogens is 1. The molecule has 1 heterocycles. The van der Waals surface area contributed by atoms with Crippen LogP contribution in [0.5, 0.6) is 0 Å². The summed E-state index contributed by atoms with van der Waals surface area (Å²) in [5, 5.41) is 0. The third-order valence-corrected chi connectivity index (χ3v) is 3.87. The number of hydrogen-bond donors (Lipinski definition) is 0. The smallest absolute Gasteiger partial charge is 0.123 e. The highest BCUT2D eigenvalue weighted by Crippen LogP contribution is 2.27. The molecule has 0 aliphatic carbocycles. The van der Waals surface area contributed by atoms with Crippen LogP contribution in [0.15, 0.2) is 48.7 Å². The Hall–Kier alpha value is -1.57. The number of hydrogen-bond acceptors (Lipinski definition) is 1. The van der Waals surface area contributed by atoms with E-state index >= 15 is 0 Å². The third-order valence-electron chi connectivity index (χ3n) is 3.87. The average molecular weight is 273 g/mol. The molecule has 1 aliphatic heterocycles. The zero-order chi connectivity index (χ0) is 14.4. The van der Waals surface area contributed by atoms with E-state index in [0.29, 0.717) is 6.04 Å². The normalized spacial score (nSPS) is 19.2. The maximum Gasteiger partial charge on any atom is 0.123 e. The number of likely N-dealkylation sites (tertiary alicyclic amines) is 1. The molecule has 108 valence electrons. The summed E-state index contributed by atoms with van der Waals surface area (Å²) in [7, 11) is 0. The molecule has 1 aromatic carbocycles. The van der Waals surface area contributed by atoms with Gasteiger partial charge in [-0.15, -0.1) is 0 Å². The van der Waals surface area contributed by atoms with Gasteiger partial charge in [0.2, 0.25) is 0 Å². The van der Waals surface area contributed by atoms with Crippen LogP contribution in [-0.4, -0.2) is 17.5 Å². The van der Waals surface area contributed by atoms with Gasteiger partial charge in [-0.2, -0.15) is 0 Å². The maximum atomic E-state index is 12.8. The van der Waals surface area contributed by atoms with Gasteiger partial charge in [-0.05, 0) is 49.8 Å². The molecule has 1 nitrogen and oxygen atoms in total. The van der Waals surface area contributed by atoms with E-state index in [9.17, 15) is 4.39 Å². The lowest BCUT2D eigenvalue weighted by atomic mass is 10.1. The lowest BCUT2D eigenvalue weighted by Gasteiger charge is -2.24. The van der Waals surface area contributed by atoms with Gasteiger partial charge >= 0.3 is 0 Å². The Morgan fingerprint density at radius 2 is 2.10 bits per heavy atom. The first-order chi connectivity index (χ1) is 9.70. The highest BCUT2D eigenvalue weighted by Gasteiger charge is 2.23. The van der Waals surface area contributed by atoms with E-state index < -0.39 is 0 Å². The topological polar surface area (TPSA) is 3.24 Å². The molecule has 1 unspecified atom stereocenters. The fourth-order valence-corrected chi connectivity index (χ4v) is 2.77. The van der Waals surface area contributed by atoms with Crippen LogP contribution in [0.25, 0.3) is 0 Å². The van der Waals surface area contributed by atoms with E-state index in [2.05, 4.69) is 30.6 Å². The number of rotatable bonds is 6. The Kier molecular flexibility index (Phi) is 5.40. The first kappa shape index (κ1) is 14.8. The molecule has 0 saturated carbocycles. The van der Waals surface area contributed by atoms with Gasteiger partial charge in [0, 0.05) is 18.3 Å². The molecule has 0 aromatic heterocycles. The van der Waals surface area contributed by atoms with Crippen molar-refractivity contribution in [3.63, 3.8) is 0 Å². The van der Waals surface area contributed by atoms with Crippen molar-refractivity contribution in [2.75, 3.05) is 6.54 Å². The van der Waals surface area contributed by atoms with E-state index in [1.54, 1.807) is 0 Å².